The summed E-state index contributed by atoms with van der Waals surface area (Å²) in [6, 6.07) is 7.68. The van der Waals surface area contributed by atoms with E-state index in [1.165, 1.54) is 4.85 Å². The smallest absolute Gasteiger partial charge is 0.137 e. The first-order chi connectivity index (χ1) is 7.50. The van der Waals surface area contributed by atoms with E-state index in [9.17, 15) is 0 Å². The van der Waals surface area contributed by atoms with Gasteiger partial charge in [0.2, 0.25) is 0 Å². The lowest BCUT2D eigenvalue weighted by Gasteiger charge is -2.29. The molecule has 6 heteroatoms. The maximum atomic E-state index is 5.72. The summed E-state index contributed by atoms with van der Waals surface area (Å²) in [7, 11) is 7.69. The van der Waals surface area contributed by atoms with Crippen molar-refractivity contribution in [3.05, 3.63) is 24.3 Å². The molecule has 0 spiro atoms. The minimum atomic E-state index is 0.230. The third-order valence-electron chi connectivity index (χ3n) is 2.56. The van der Waals surface area contributed by atoms with Gasteiger partial charge in [-0.3, -0.25) is 0 Å². The average Bonchev–Trinajstić information content (AvgIpc) is 2.61. The molecular weight excluding hydrogens is 206 g/mol. The summed E-state index contributed by atoms with van der Waals surface area (Å²) in [5, 5.41) is 9.90. The fourth-order valence-electron chi connectivity index (χ4n) is 1.17. The van der Waals surface area contributed by atoms with Crippen LogP contribution in [0.1, 0.15) is 0 Å². The summed E-state index contributed by atoms with van der Waals surface area (Å²) >= 11 is 0. The molecule has 16 heavy (non-hydrogen) atoms. The normalized spacial score (nSPS) is 12.3. The maximum absolute atomic E-state index is 5.72. The highest BCUT2D eigenvalue weighted by atomic mass is 16.9. The molecule has 0 aliphatic rings. The van der Waals surface area contributed by atoms with Crippen molar-refractivity contribution in [2.75, 3.05) is 28.2 Å². The van der Waals surface area contributed by atoms with Gasteiger partial charge < -0.3 is 0 Å². The molecule has 1 aromatic carbocycles. The fourth-order valence-corrected chi connectivity index (χ4v) is 1.17. The van der Waals surface area contributed by atoms with Crippen LogP contribution >= 0.6 is 0 Å². The van der Waals surface area contributed by atoms with E-state index in [2.05, 4.69) is 10.3 Å². The summed E-state index contributed by atoms with van der Waals surface area (Å²) < 4.78 is 0.230. The standard InChI is InChI=1S/C10H16N5O/c1-13(2)15(3,4)16-14-10-8-6-5-7-9(10)11-12-14/h5-8H,1-4H3/q+1. The fraction of sp³-hybridized carbons (Fsp3) is 0.400. The summed E-state index contributed by atoms with van der Waals surface area (Å²) in [5.74, 6) is 0. The quantitative estimate of drug-likeness (QED) is 0.554. The van der Waals surface area contributed by atoms with Crippen LogP contribution in [0, 0.1) is 0 Å². The highest BCUT2D eigenvalue weighted by molar-refractivity contribution is 5.73. The highest BCUT2D eigenvalue weighted by Gasteiger charge is 2.24. The number of hydrogen-bond acceptors (Lipinski definition) is 4. The Morgan fingerprint density at radius 1 is 1.25 bits per heavy atom. The van der Waals surface area contributed by atoms with Crippen LogP contribution in [0.4, 0.5) is 0 Å². The van der Waals surface area contributed by atoms with Crippen molar-refractivity contribution < 1.29 is 9.69 Å². The van der Waals surface area contributed by atoms with Gasteiger partial charge in [0.25, 0.3) is 0 Å². The molecule has 0 aliphatic carbocycles. The van der Waals surface area contributed by atoms with Crippen molar-refractivity contribution in [2.24, 2.45) is 0 Å². The van der Waals surface area contributed by atoms with Crippen LogP contribution in [0.15, 0.2) is 24.3 Å². The molecule has 0 saturated carbocycles. The predicted molar refractivity (Wildman–Crippen MR) is 59.9 cm³/mol. The van der Waals surface area contributed by atoms with E-state index in [1.54, 1.807) is 0 Å². The van der Waals surface area contributed by atoms with Crippen LogP contribution in [-0.4, -0.2) is 53.1 Å². The monoisotopic (exact) mass is 222 g/mol. The van der Waals surface area contributed by atoms with E-state index < -0.39 is 0 Å². The molecule has 0 radical (unpaired) electrons. The lowest BCUT2D eigenvalue weighted by molar-refractivity contribution is -1.15. The predicted octanol–water partition coefficient (Wildman–Crippen LogP) is 0.328. The van der Waals surface area contributed by atoms with E-state index >= 15 is 0 Å². The third kappa shape index (κ3) is 1.84. The molecule has 2 aromatic rings. The van der Waals surface area contributed by atoms with Gasteiger partial charge in [-0.2, -0.15) is 4.94 Å². The molecule has 86 valence electrons. The highest BCUT2D eigenvalue weighted by Crippen LogP contribution is 2.09. The van der Waals surface area contributed by atoms with Crippen LogP contribution in [0.2, 0.25) is 0 Å². The topological polar surface area (TPSA) is 43.2 Å². The van der Waals surface area contributed by atoms with E-state index in [0.29, 0.717) is 0 Å². The van der Waals surface area contributed by atoms with Gasteiger partial charge >= 0.3 is 0 Å². The number of para-hydroxylation sites is 1. The van der Waals surface area contributed by atoms with Gasteiger partial charge in [-0.05, 0) is 26.9 Å². The number of hydrogen-bond donors (Lipinski definition) is 0. The van der Waals surface area contributed by atoms with Crippen molar-refractivity contribution in [3.8, 4) is 0 Å². The van der Waals surface area contributed by atoms with E-state index in [-0.39, 0.29) is 4.76 Å². The van der Waals surface area contributed by atoms with E-state index in [4.69, 9.17) is 4.94 Å². The van der Waals surface area contributed by atoms with Crippen molar-refractivity contribution in [1.29, 1.82) is 0 Å². The van der Waals surface area contributed by atoms with Gasteiger partial charge in [-0.25, -0.2) is 0 Å². The first-order valence-electron chi connectivity index (χ1n) is 5.03. The maximum Gasteiger partial charge on any atom is 0.137 e. The molecule has 0 atom stereocenters. The van der Waals surface area contributed by atoms with Gasteiger partial charge in [0, 0.05) is 14.1 Å². The van der Waals surface area contributed by atoms with Gasteiger partial charge in [0.05, 0.1) is 0 Å². The SMILES string of the molecule is CN(C)[N+](C)(C)On1nnc2ccccc21. The molecular formula is C10H16N5O+. The number of hydroxylamine groups is 2. The summed E-state index contributed by atoms with van der Waals surface area (Å²) in [5.41, 5.74) is 1.68. The number of benzene rings is 1. The molecule has 0 unspecified atom stereocenters. The third-order valence-corrected chi connectivity index (χ3v) is 2.56. The largest absolute Gasteiger partial charge is 0.177 e. The van der Waals surface area contributed by atoms with Gasteiger partial charge in [-0.15, -0.1) is 10.1 Å². The molecule has 2 rings (SSSR count). The van der Waals surface area contributed by atoms with Gasteiger partial charge in [-0.1, -0.05) is 12.1 Å². The molecule has 1 heterocycles. The van der Waals surface area contributed by atoms with E-state index in [1.807, 2.05) is 57.5 Å². The number of aromatic nitrogens is 3. The molecule has 0 bridgehead atoms. The molecule has 1 aromatic heterocycles. The second-order valence-corrected chi connectivity index (χ2v) is 4.17. The van der Waals surface area contributed by atoms with Crippen LogP contribution in [0.25, 0.3) is 11.0 Å². The second-order valence-electron chi connectivity index (χ2n) is 4.17. The zero-order chi connectivity index (χ0) is 11.8. The van der Waals surface area contributed by atoms with Crippen molar-refractivity contribution in [2.45, 2.75) is 0 Å². The summed E-state index contributed by atoms with van der Waals surface area (Å²) in [4.78, 5) is 7.16. The first kappa shape index (κ1) is 10.8. The van der Waals surface area contributed by atoms with Crippen LogP contribution in [0.5, 0.6) is 0 Å². The number of nitrogens with zero attached hydrogens (tertiary/aromatic N) is 5. The van der Waals surface area contributed by atoms with Crippen LogP contribution in [-0.2, 0) is 0 Å². The lowest BCUT2D eigenvalue weighted by Crippen LogP contribution is -2.56. The zero-order valence-corrected chi connectivity index (χ0v) is 9.95. The Morgan fingerprint density at radius 3 is 2.62 bits per heavy atom. The Morgan fingerprint density at radius 2 is 1.94 bits per heavy atom. The Bertz CT molecular complexity index is 491. The molecule has 0 saturated heterocycles. The van der Waals surface area contributed by atoms with Crippen molar-refractivity contribution in [1.82, 2.24) is 20.2 Å². The molecule has 0 amide bonds. The number of fused-ring (bicyclic) bond motifs is 1. The first-order valence-corrected chi connectivity index (χ1v) is 5.03. The molecule has 0 aliphatic heterocycles. The van der Waals surface area contributed by atoms with Gasteiger partial charge in [0.15, 0.2) is 0 Å². The molecule has 0 fully saturated rings. The Hall–Kier alpha value is -1.66. The number of rotatable bonds is 3. The summed E-state index contributed by atoms with van der Waals surface area (Å²) in [6.45, 7) is 0. The van der Waals surface area contributed by atoms with Crippen LogP contribution < -0.4 is 4.94 Å². The lowest BCUT2D eigenvalue weighted by atomic mass is 10.3. The molecule has 0 N–H and O–H groups in total. The minimum absolute atomic E-state index is 0.230. The van der Waals surface area contributed by atoms with Crippen LogP contribution in [0.3, 0.4) is 0 Å². The molecule has 6 nitrogen and oxygen atoms in total. The Kier molecular flexibility index (Phi) is 2.53. The Balaban J connectivity index is 2.35. The second kappa shape index (κ2) is 3.73. The zero-order valence-electron chi connectivity index (χ0n) is 9.95. The van der Waals surface area contributed by atoms with Gasteiger partial charge in [0.1, 0.15) is 25.1 Å². The van der Waals surface area contributed by atoms with Crippen molar-refractivity contribution >= 4 is 11.0 Å². The van der Waals surface area contributed by atoms with E-state index in [0.717, 1.165) is 11.0 Å². The number of quaternary nitrogens is 1. The average molecular weight is 222 g/mol. The minimum Gasteiger partial charge on any atom is -0.177 e. The Labute approximate surface area is 94.1 Å². The van der Waals surface area contributed by atoms with Crippen molar-refractivity contribution in [3.63, 3.8) is 0 Å². The summed E-state index contributed by atoms with van der Waals surface area (Å²) in [6.07, 6.45) is 0.